The van der Waals surface area contributed by atoms with Gasteiger partial charge in [0.25, 0.3) is 5.91 Å². The molecule has 6 heteroatoms. The number of carbonyl (C=O) groups excluding carboxylic acids is 1. The lowest BCUT2D eigenvalue weighted by molar-refractivity contribution is 0.0779. The highest BCUT2D eigenvalue weighted by Crippen LogP contribution is 2.18. The van der Waals surface area contributed by atoms with Crippen LogP contribution in [0.4, 0.5) is 0 Å². The van der Waals surface area contributed by atoms with Crippen LogP contribution in [0.1, 0.15) is 16.1 Å². The molecule has 0 bridgehead atoms. The second-order valence-corrected chi connectivity index (χ2v) is 4.78. The van der Waals surface area contributed by atoms with Crippen LogP contribution in [-0.4, -0.2) is 27.8 Å². The second kappa shape index (κ2) is 5.99. The molecule has 0 aliphatic rings. The third-order valence-corrected chi connectivity index (χ3v) is 3.05. The average Bonchev–Trinajstić information content (AvgIpc) is 2.42. The monoisotopic (exact) mass is 295 g/mol. The molecule has 98 valence electrons. The third-order valence-electron chi connectivity index (χ3n) is 2.53. The van der Waals surface area contributed by atoms with E-state index in [1.54, 1.807) is 31.6 Å². The summed E-state index contributed by atoms with van der Waals surface area (Å²) >= 11 is 11.7. The molecular formula is C13H11Cl2N3O. The summed E-state index contributed by atoms with van der Waals surface area (Å²) in [6, 6.07) is 6.79. The Balaban J connectivity index is 2.17. The van der Waals surface area contributed by atoms with Gasteiger partial charge in [0.05, 0.1) is 5.02 Å². The highest BCUT2D eigenvalue weighted by Gasteiger charge is 2.17. The van der Waals surface area contributed by atoms with Gasteiger partial charge in [-0.25, -0.2) is 4.98 Å². The summed E-state index contributed by atoms with van der Waals surface area (Å²) in [5.74, 6) is -0.274. The molecule has 0 spiro atoms. The normalized spacial score (nSPS) is 10.3. The van der Waals surface area contributed by atoms with Crippen molar-refractivity contribution in [1.29, 1.82) is 0 Å². The SMILES string of the molecule is CN(Cc1ccncc1)C(=O)c1nc(Cl)ccc1Cl. The van der Waals surface area contributed by atoms with Crippen LogP contribution in [0.2, 0.25) is 10.2 Å². The Morgan fingerprint density at radius 1 is 1.21 bits per heavy atom. The number of amides is 1. The quantitative estimate of drug-likeness (QED) is 0.818. The highest BCUT2D eigenvalue weighted by atomic mass is 35.5. The zero-order valence-corrected chi connectivity index (χ0v) is 11.7. The zero-order valence-electron chi connectivity index (χ0n) is 10.2. The molecule has 19 heavy (non-hydrogen) atoms. The molecule has 0 fully saturated rings. The van der Waals surface area contributed by atoms with Crippen LogP contribution in [0.3, 0.4) is 0 Å². The van der Waals surface area contributed by atoms with Gasteiger partial charge in [-0.1, -0.05) is 23.2 Å². The van der Waals surface area contributed by atoms with Crippen LogP contribution in [0.15, 0.2) is 36.7 Å². The summed E-state index contributed by atoms with van der Waals surface area (Å²) in [4.78, 5) is 21.6. The first-order chi connectivity index (χ1) is 9.08. The first-order valence-electron chi connectivity index (χ1n) is 5.54. The van der Waals surface area contributed by atoms with E-state index in [0.717, 1.165) is 5.56 Å². The van der Waals surface area contributed by atoms with Crippen LogP contribution in [0, 0.1) is 0 Å². The molecule has 0 unspecified atom stereocenters. The van der Waals surface area contributed by atoms with Gasteiger partial charge in [-0.15, -0.1) is 0 Å². The topological polar surface area (TPSA) is 46.1 Å². The van der Waals surface area contributed by atoms with E-state index in [4.69, 9.17) is 23.2 Å². The van der Waals surface area contributed by atoms with E-state index < -0.39 is 0 Å². The minimum atomic E-state index is -0.274. The fourth-order valence-electron chi connectivity index (χ4n) is 1.58. The van der Waals surface area contributed by atoms with Crippen molar-refractivity contribution < 1.29 is 4.79 Å². The summed E-state index contributed by atoms with van der Waals surface area (Å²) < 4.78 is 0. The fourth-order valence-corrected chi connectivity index (χ4v) is 1.92. The van der Waals surface area contributed by atoms with Gasteiger partial charge in [-0.05, 0) is 29.8 Å². The summed E-state index contributed by atoms with van der Waals surface area (Å²) in [6.45, 7) is 0.450. The number of halogens is 2. The molecule has 0 aliphatic heterocycles. The van der Waals surface area contributed by atoms with Crippen LogP contribution in [-0.2, 0) is 6.54 Å². The smallest absolute Gasteiger partial charge is 0.274 e. The van der Waals surface area contributed by atoms with E-state index in [0.29, 0.717) is 6.54 Å². The summed E-state index contributed by atoms with van der Waals surface area (Å²) in [7, 11) is 1.68. The first kappa shape index (κ1) is 13.8. The van der Waals surface area contributed by atoms with Crippen molar-refractivity contribution in [2.24, 2.45) is 0 Å². The minimum absolute atomic E-state index is 0.158. The molecule has 2 rings (SSSR count). The van der Waals surface area contributed by atoms with E-state index in [9.17, 15) is 4.79 Å². The summed E-state index contributed by atoms with van der Waals surface area (Å²) in [5, 5.41) is 0.529. The third kappa shape index (κ3) is 3.43. The van der Waals surface area contributed by atoms with Gasteiger partial charge in [0, 0.05) is 26.0 Å². The lowest BCUT2D eigenvalue weighted by atomic mass is 10.2. The molecule has 4 nitrogen and oxygen atoms in total. The van der Waals surface area contributed by atoms with Gasteiger partial charge < -0.3 is 4.90 Å². The Bertz CT molecular complexity index is 590. The van der Waals surface area contributed by atoms with Gasteiger partial charge in [0.2, 0.25) is 0 Å². The van der Waals surface area contributed by atoms with Crippen LogP contribution >= 0.6 is 23.2 Å². The number of hydrogen-bond acceptors (Lipinski definition) is 3. The number of carbonyl (C=O) groups is 1. The maximum atomic E-state index is 12.2. The van der Waals surface area contributed by atoms with Gasteiger partial charge in [-0.3, -0.25) is 9.78 Å². The lowest BCUT2D eigenvalue weighted by Crippen LogP contribution is -2.27. The Hall–Kier alpha value is -1.65. The highest BCUT2D eigenvalue weighted by molar-refractivity contribution is 6.34. The first-order valence-corrected chi connectivity index (χ1v) is 6.30. The molecule has 1 amide bonds. The van der Waals surface area contributed by atoms with Crippen molar-refractivity contribution >= 4 is 29.1 Å². The molecule has 0 saturated carbocycles. The molecule has 0 atom stereocenters. The van der Waals surface area contributed by atoms with E-state index in [2.05, 4.69) is 9.97 Å². The van der Waals surface area contributed by atoms with Gasteiger partial charge >= 0.3 is 0 Å². The van der Waals surface area contributed by atoms with Gasteiger partial charge in [0.15, 0.2) is 0 Å². The van der Waals surface area contributed by atoms with Crippen molar-refractivity contribution in [2.45, 2.75) is 6.54 Å². The maximum Gasteiger partial charge on any atom is 0.274 e. The molecule has 0 saturated heterocycles. The van der Waals surface area contributed by atoms with Gasteiger partial charge in [-0.2, -0.15) is 0 Å². The number of pyridine rings is 2. The lowest BCUT2D eigenvalue weighted by Gasteiger charge is -2.17. The number of rotatable bonds is 3. The van der Waals surface area contributed by atoms with Crippen molar-refractivity contribution in [2.75, 3.05) is 7.05 Å². The average molecular weight is 296 g/mol. The molecule has 0 N–H and O–H groups in total. The number of hydrogen-bond donors (Lipinski definition) is 0. The van der Waals surface area contributed by atoms with E-state index in [-0.39, 0.29) is 21.8 Å². The van der Waals surface area contributed by atoms with E-state index in [1.165, 1.54) is 4.90 Å². The Kier molecular flexibility index (Phi) is 4.35. The summed E-state index contributed by atoms with van der Waals surface area (Å²) in [6.07, 6.45) is 3.36. The fraction of sp³-hybridized carbons (Fsp3) is 0.154. The van der Waals surface area contributed by atoms with Crippen molar-refractivity contribution in [3.63, 3.8) is 0 Å². The molecule has 2 aromatic heterocycles. The molecule has 2 heterocycles. The largest absolute Gasteiger partial charge is 0.336 e. The molecular weight excluding hydrogens is 285 g/mol. The zero-order chi connectivity index (χ0) is 13.8. The maximum absolute atomic E-state index is 12.2. The van der Waals surface area contributed by atoms with Crippen LogP contribution in [0.5, 0.6) is 0 Å². The number of aromatic nitrogens is 2. The van der Waals surface area contributed by atoms with Gasteiger partial charge in [0.1, 0.15) is 10.8 Å². The van der Waals surface area contributed by atoms with E-state index in [1.807, 2.05) is 12.1 Å². The molecule has 0 aromatic carbocycles. The second-order valence-electron chi connectivity index (χ2n) is 3.98. The Morgan fingerprint density at radius 2 is 1.89 bits per heavy atom. The molecule has 0 aliphatic carbocycles. The van der Waals surface area contributed by atoms with Crippen molar-refractivity contribution in [1.82, 2.24) is 14.9 Å². The Morgan fingerprint density at radius 3 is 2.58 bits per heavy atom. The predicted molar refractivity (Wildman–Crippen MR) is 74.3 cm³/mol. The predicted octanol–water partition coefficient (Wildman–Crippen LogP) is 3.06. The summed E-state index contributed by atoms with van der Waals surface area (Å²) in [5.41, 5.74) is 1.13. The van der Waals surface area contributed by atoms with E-state index >= 15 is 0 Å². The van der Waals surface area contributed by atoms with Crippen LogP contribution in [0.25, 0.3) is 0 Å². The minimum Gasteiger partial charge on any atom is -0.336 e. The van der Waals surface area contributed by atoms with Crippen molar-refractivity contribution in [3.8, 4) is 0 Å². The molecule has 0 radical (unpaired) electrons. The standard InChI is InChI=1S/C13H11Cl2N3O/c1-18(8-9-4-6-16-7-5-9)13(19)12-10(14)2-3-11(15)17-12/h2-7H,8H2,1H3. The number of nitrogens with zero attached hydrogens (tertiary/aromatic N) is 3. The molecule has 2 aromatic rings. The van der Waals surface area contributed by atoms with Crippen molar-refractivity contribution in [3.05, 3.63) is 58.1 Å². The Labute approximate surface area is 121 Å². The van der Waals surface area contributed by atoms with Crippen LogP contribution < -0.4 is 0 Å².